The molecule has 0 aromatic carbocycles. The summed E-state index contributed by atoms with van der Waals surface area (Å²) in [6, 6.07) is 7.57. The molecule has 0 aliphatic carbocycles. The lowest BCUT2D eigenvalue weighted by Crippen LogP contribution is -2.44. The molecule has 5 heterocycles. The van der Waals surface area contributed by atoms with Crippen molar-refractivity contribution in [3.8, 4) is 11.3 Å². The second-order valence-electron chi connectivity index (χ2n) is 9.72. The van der Waals surface area contributed by atoms with Crippen LogP contribution in [0.5, 0.6) is 0 Å². The van der Waals surface area contributed by atoms with Gasteiger partial charge in [-0.2, -0.15) is 0 Å². The van der Waals surface area contributed by atoms with Crippen LogP contribution in [0.15, 0.2) is 67.4 Å². The summed E-state index contributed by atoms with van der Waals surface area (Å²) in [7, 11) is 6.03. The van der Waals surface area contributed by atoms with Crippen molar-refractivity contribution in [3.63, 3.8) is 0 Å². The number of anilines is 4. The third kappa shape index (κ3) is 6.70. The van der Waals surface area contributed by atoms with Crippen molar-refractivity contribution in [2.45, 2.75) is 0 Å². The first-order valence-corrected chi connectivity index (χ1v) is 12.8. The van der Waals surface area contributed by atoms with E-state index in [2.05, 4.69) is 47.4 Å². The molecule has 0 atom stereocenters. The molecule has 5 rings (SSSR count). The fraction of sp³-hybridized carbons (Fsp3) is 0.286. The lowest BCUT2D eigenvalue weighted by atomic mass is 10.1. The van der Waals surface area contributed by atoms with E-state index in [4.69, 9.17) is 4.98 Å². The predicted molar refractivity (Wildman–Crippen MR) is 154 cm³/mol. The number of likely N-dealkylation sites (N-methyl/N-ethyl adjacent to an activating group) is 2. The van der Waals surface area contributed by atoms with Crippen LogP contribution in [0, 0.1) is 0 Å². The van der Waals surface area contributed by atoms with Crippen LogP contribution in [0.4, 0.5) is 23.1 Å². The Bertz CT molecular complexity index is 1460. The van der Waals surface area contributed by atoms with Crippen molar-refractivity contribution in [1.29, 1.82) is 0 Å². The van der Waals surface area contributed by atoms with Gasteiger partial charge in [0.05, 0.1) is 23.1 Å². The van der Waals surface area contributed by atoms with Crippen LogP contribution in [-0.2, 0) is 4.79 Å². The predicted octanol–water partition coefficient (Wildman–Crippen LogP) is 3.03. The van der Waals surface area contributed by atoms with Crippen molar-refractivity contribution in [2.24, 2.45) is 0 Å². The second-order valence-corrected chi connectivity index (χ2v) is 9.72. The van der Waals surface area contributed by atoms with E-state index in [1.165, 1.54) is 6.08 Å². The summed E-state index contributed by atoms with van der Waals surface area (Å²) in [5.41, 5.74) is 3.52. The van der Waals surface area contributed by atoms with E-state index in [-0.39, 0.29) is 5.91 Å². The third-order valence-electron chi connectivity index (χ3n) is 6.36. The zero-order valence-electron chi connectivity index (χ0n) is 22.4. The fourth-order valence-corrected chi connectivity index (χ4v) is 4.22. The average Bonchev–Trinajstić information content (AvgIpc) is 2.93. The standard InChI is InChI=1S/C28H32N10O/c1-36(2)10-4-5-26(39)33-21-8-9-30-24(15-21)23-19-29-16-20-17-32-28(35-27(20)23)34-22-6-7-25(31-18-22)38-13-11-37(3)12-14-38/h4-9,15-19H,10-14H2,1-3H3,(H,30,33,39)(H,32,34,35). The molecule has 11 heteroatoms. The average molecular weight is 525 g/mol. The van der Waals surface area contributed by atoms with Crippen LogP contribution in [-0.4, -0.2) is 94.5 Å². The number of nitrogens with one attached hydrogen (secondary N) is 2. The van der Waals surface area contributed by atoms with Crippen molar-refractivity contribution < 1.29 is 4.79 Å². The number of hydrogen-bond donors (Lipinski definition) is 2. The lowest BCUT2D eigenvalue weighted by molar-refractivity contribution is -0.111. The molecule has 200 valence electrons. The number of hydrogen-bond acceptors (Lipinski definition) is 10. The number of rotatable bonds is 8. The molecule has 1 aliphatic rings. The van der Waals surface area contributed by atoms with Gasteiger partial charge in [0.25, 0.3) is 0 Å². The monoisotopic (exact) mass is 524 g/mol. The van der Waals surface area contributed by atoms with Gasteiger partial charge in [-0.1, -0.05) is 6.08 Å². The number of carbonyl (C=O) groups is 1. The van der Waals surface area contributed by atoms with Crippen LogP contribution in [0.3, 0.4) is 0 Å². The van der Waals surface area contributed by atoms with Crippen molar-refractivity contribution in [3.05, 3.63) is 67.4 Å². The molecule has 0 bridgehead atoms. The summed E-state index contributed by atoms with van der Waals surface area (Å²) in [5.74, 6) is 1.21. The van der Waals surface area contributed by atoms with Crippen LogP contribution in [0.2, 0.25) is 0 Å². The van der Waals surface area contributed by atoms with Gasteiger partial charge in [-0.3, -0.25) is 14.8 Å². The number of fused-ring (bicyclic) bond motifs is 1. The second kappa shape index (κ2) is 11.9. The molecule has 0 unspecified atom stereocenters. The molecule has 1 saturated heterocycles. The zero-order valence-corrected chi connectivity index (χ0v) is 22.4. The molecule has 0 radical (unpaired) electrons. The van der Waals surface area contributed by atoms with Gasteiger partial charge in [-0.15, -0.1) is 0 Å². The quantitative estimate of drug-likeness (QED) is 0.333. The summed E-state index contributed by atoms with van der Waals surface area (Å²) in [4.78, 5) is 41.6. The Labute approximate surface area is 227 Å². The van der Waals surface area contributed by atoms with Crippen LogP contribution >= 0.6 is 0 Å². The Morgan fingerprint density at radius 3 is 2.62 bits per heavy atom. The van der Waals surface area contributed by atoms with Crippen LogP contribution < -0.4 is 15.5 Å². The zero-order chi connectivity index (χ0) is 27.2. The van der Waals surface area contributed by atoms with E-state index < -0.39 is 0 Å². The van der Waals surface area contributed by atoms with E-state index in [9.17, 15) is 4.79 Å². The van der Waals surface area contributed by atoms with Gasteiger partial charge in [0.1, 0.15) is 5.82 Å². The number of pyridine rings is 3. The van der Waals surface area contributed by atoms with Crippen molar-refractivity contribution in [2.75, 3.05) is 69.4 Å². The third-order valence-corrected chi connectivity index (χ3v) is 6.36. The molecule has 1 amide bonds. The maximum absolute atomic E-state index is 12.3. The minimum Gasteiger partial charge on any atom is -0.354 e. The molecule has 1 fully saturated rings. The van der Waals surface area contributed by atoms with Gasteiger partial charge in [-0.25, -0.2) is 15.0 Å². The van der Waals surface area contributed by atoms with Crippen LogP contribution in [0.25, 0.3) is 22.2 Å². The Morgan fingerprint density at radius 1 is 1.00 bits per heavy atom. The highest BCUT2D eigenvalue weighted by Crippen LogP contribution is 2.27. The highest BCUT2D eigenvalue weighted by Gasteiger charge is 2.15. The smallest absolute Gasteiger partial charge is 0.248 e. The normalized spacial score (nSPS) is 14.3. The number of nitrogens with zero attached hydrogens (tertiary/aromatic N) is 8. The molecule has 2 N–H and O–H groups in total. The molecular weight excluding hydrogens is 492 g/mol. The van der Waals surface area contributed by atoms with E-state index in [0.717, 1.165) is 48.6 Å². The first kappa shape index (κ1) is 26.1. The van der Waals surface area contributed by atoms with E-state index >= 15 is 0 Å². The molecule has 39 heavy (non-hydrogen) atoms. The summed E-state index contributed by atoms with van der Waals surface area (Å²) >= 11 is 0. The number of aromatic nitrogens is 5. The fourth-order valence-electron chi connectivity index (χ4n) is 4.22. The molecule has 0 spiro atoms. The van der Waals surface area contributed by atoms with E-state index in [1.54, 1.807) is 37.1 Å². The summed E-state index contributed by atoms with van der Waals surface area (Å²) in [5, 5.41) is 6.92. The van der Waals surface area contributed by atoms with Crippen molar-refractivity contribution in [1.82, 2.24) is 34.7 Å². The maximum atomic E-state index is 12.3. The topological polar surface area (TPSA) is 115 Å². The van der Waals surface area contributed by atoms with Gasteiger partial charge >= 0.3 is 0 Å². The van der Waals surface area contributed by atoms with Gasteiger partial charge in [-0.05, 0) is 45.4 Å². The Balaban J connectivity index is 1.34. The van der Waals surface area contributed by atoms with Crippen LogP contribution in [0.1, 0.15) is 0 Å². The van der Waals surface area contributed by atoms with Gasteiger partial charge in [0, 0.05) is 80.2 Å². The van der Waals surface area contributed by atoms with Gasteiger partial charge < -0.3 is 25.3 Å². The van der Waals surface area contributed by atoms with E-state index in [1.807, 2.05) is 43.3 Å². The highest BCUT2D eigenvalue weighted by molar-refractivity contribution is 6.00. The number of carbonyl (C=O) groups excluding carboxylic acids is 1. The summed E-state index contributed by atoms with van der Waals surface area (Å²) < 4.78 is 0. The first-order valence-electron chi connectivity index (χ1n) is 12.8. The SMILES string of the molecule is CN(C)CC=CC(=O)Nc1ccnc(-c2cncc3cnc(Nc4ccc(N5CCN(C)CC5)nc4)nc23)c1. The lowest BCUT2D eigenvalue weighted by Gasteiger charge is -2.33. The van der Waals surface area contributed by atoms with Crippen molar-refractivity contribution >= 4 is 40.0 Å². The molecule has 4 aromatic rings. The highest BCUT2D eigenvalue weighted by atomic mass is 16.1. The molecule has 11 nitrogen and oxygen atoms in total. The number of amides is 1. The molecule has 0 saturated carbocycles. The minimum atomic E-state index is -0.203. The minimum absolute atomic E-state index is 0.203. The Kier molecular flexibility index (Phi) is 7.99. The summed E-state index contributed by atoms with van der Waals surface area (Å²) in [6.45, 7) is 4.67. The Hall–Kier alpha value is -4.48. The van der Waals surface area contributed by atoms with Gasteiger partial charge in [0.15, 0.2) is 0 Å². The molecule has 4 aromatic heterocycles. The Morgan fingerprint density at radius 2 is 1.85 bits per heavy atom. The largest absolute Gasteiger partial charge is 0.354 e. The summed E-state index contributed by atoms with van der Waals surface area (Å²) in [6.07, 6.45) is 12.0. The first-order chi connectivity index (χ1) is 18.9. The molecular formula is C28H32N10O. The van der Waals surface area contributed by atoms with E-state index in [0.29, 0.717) is 29.4 Å². The maximum Gasteiger partial charge on any atom is 0.248 e. The molecule has 1 aliphatic heterocycles. The number of piperazine rings is 1. The van der Waals surface area contributed by atoms with Gasteiger partial charge in [0.2, 0.25) is 11.9 Å².